The van der Waals surface area contributed by atoms with Crippen molar-refractivity contribution in [3.8, 4) is 11.5 Å². The minimum absolute atomic E-state index is 0.0449. The minimum Gasteiger partial charge on any atom is -0.459 e. The van der Waals surface area contributed by atoms with Crippen molar-refractivity contribution in [2.75, 3.05) is 46.2 Å². The molecule has 0 spiro atoms. The molecule has 3 aliphatic heterocycles. The molecule has 0 radical (unpaired) electrons. The molecule has 228 valence electrons. The first-order valence-electron chi connectivity index (χ1n) is 15.1. The number of carbonyl (C=O) groups is 2. The van der Waals surface area contributed by atoms with Crippen LogP contribution < -0.4 is 9.47 Å². The molecule has 0 aliphatic carbocycles. The number of hydrogen-bond acceptors (Lipinski definition) is 8. The number of piperazine rings is 1. The summed E-state index contributed by atoms with van der Waals surface area (Å²) in [5.74, 6) is 1.19. The molecule has 0 unspecified atom stereocenters. The summed E-state index contributed by atoms with van der Waals surface area (Å²) in [4.78, 5) is 30.6. The summed E-state index contributed by atoms with van der Waals surface area (Å²) in [6.07, 6.45) is 4.35. The number of rotatable bonds is 9. The number of allylic oxidation sites excluding steroid dienone is 1. The molecule has 10 nitrogen and oxygen atoms in total. The molecule has 10 heteroatoms. The van der Waals surface area contributed by atoms with Crippen molar-refractivity contribution in [2.45, 2.75) is 45.4 Å². The predicted octanol–water partition coefficient (Wildman–Crippen LogP) is 4.12. The molecule has 3 aliphatic rings. The van der Waals surface area contributed by atoms with E-state index in [1.807, 2.05) is 60.5 Å². The van der Waals surface area contributed by atoms with Gasteiger partial charge >= 0.3 is 0 Å². The Morgan fingerprint density at radius 1 is 1.05 bits per heavy atom. The number of ether oxygens (including phenoxy) is 4. The maximum absolute atomic E-state index is 13.9. The molecule has 2 aromatic carbocycles. The molecule has 1 fully saturated rings. The Morgan fingerprint density at radius 2 is 1.84 bits per heavy atom. The van der Waals surface area contributed by atoms with E-state index in [0.717, 1.165) is 53.2 Å². The van der Waals surface area contributed by atoms with Gasteiger partial charge in [-0.25, -0.2) is 0 Å². The van der Waals surface area contributed by atoms with Crippen LogP contribution in [0.4, 0.5) is 0 Å². The molecule has 3 atom stereocenters. The maximum atomic E-state index is 13.9. The number of hydrogen-bond donors (Lipinski definition) is 1. The number of aliphatic hydroxyl groups is 1. The van der Waals surface area contributed by atoms with Gasteiger partial charge in [0.2, 0.25) is 19.0 Å². The molecular weight excluding hydrogens is 550 g/mol. The van der Waals surface area contributed by atoms with Crippen molar-refractivity contribution in [3.05, 3.63) is 71.6 Å². The van der Waals surface area contributed by atoms with Crippen molar-refractivity contribution in [1.82, 2.24) is 14.4 Å². The molecule has 1 aromatic heterocycles. The van der Waals surface area contributed by atoms with Crippen LogP contribution in [0.15, 0.2) is 60.5 Å². The van der Waals surface area contributed by atoms with Crippen molar-refractivity contribution in [3.63, 3.8) is 0 Å². The molecular formula is C33H39N3O7. The Balaban J connectivity index is 1.24. The average molecular weight is 590 g/mol. The van der Waals surface area contributed by atoms with Gasteiger partial charge in [-0.05, 0) is 55.2 Å². The third-order valence-corrected chi connectivity index (χ3v) is 8.57. The second-order valence-electron chi connectivity index (χ2n) is 11.3. The fraction of sp³-hybridized carbons (Fsp3) is 0.455. The highest BCUT2D eigenvalue weighted by molar-refractivity contribution is 5.95. The zero-order valence-electron chi connectivity index (χ0n) is 24.7. The predicted molar refractivity (Wildman–Crippen MR) is 160 cm³/mol. The highest BCUT2D eigenvalue weighted by Crippen LogP contribution is 2.43. The average Bonchev–Trinajstić information content (AvgIpc) is 3.65. The summed E-state index contributed by atoms with van der Waals surface area (Å²) in [5, 5.41) is 10.6. The molecule has 3 aromatic rings. The summed E-state index contributed by atoms with van der Waals surface area (Å²) in [5.41, 5.74) is 2.91. The van der Waals surface area contributed by atoms with Crippen LogP contribution in [0.2, 0.25) is 0 Å². The largest absolute Gasteiger partial charge is 0.459 e. The fourth-order valence-electron chi connectivity index (χ4n) is 6.41. The van der Waals surface area contributed by atoms with E-state index >= 15 is 0 Å². The number of carbonyl (C=O) groups excluding carboxylic acids is 2. The Kier molecular flexibility index (Phi) is 8.69. The number of nitrogens with zero attached hydrogens (tertiary/aromatic N) is 3. The number of amides is 1. The monoisotopic (exact) mass is 589 g/mol. The van der Waals surface area contributed by atoms with Crippen LogP contribution in [-0.4, -0.2) is 83.8 Å². The molecule has 1 amide bonds. The highest BCUT2D eigenvalue weighted by atomic mass is 16.7. The van der Waals surface area contributed by atoms with Crippen LogP contribution in [0.25, 0.3) is 10.9 Å². The van der Waals surface area contributed by atoms with Crippen molar-refractivity contribution in [2.24, 2.45) is 5.92 Å². The number of fused-ring (bicyclic) bond motifs is 2. The van der Waals surface area contributed by atoms with Gasteiger partial charge < -0.3 is 29.0 Å². The maximum Gasteiger partial charge on any atom is 0.288 e. The van der Waals surface area contributed by atoms with Gasteiger partial charge in [-0.2, -0.15) is 0 Å². The number of para-hydroxylation sites is 1. The van der Waals surface area contributed by atoms with Crippen LogP contribution in [0.3, 0.4) is 0 Å². The Hall–Kier alpha value is -3.86. The third-order valence-electron chi connectivity index (χ3n) is 8.57. The molecule has 0 bridgehead atoms. The first-order valence-corrected chi connectivity index (χ1v) is 15.1. The zero-order valence-corrected chi connectivity index (χ0v) is 24.7. The second-order valence-corrected chi connectivity index (χ2v) is 11.3. The third kappa shape index (κ3) is 6.00. The molecule has 43 heavy (non-hydrogen) atoms. The molecule has 0 saturated carbocycles. The lowest BCUT2D eigenvalue weighted by atomic mass is 9.80. The topological polar surface area (TPSA) is 103 Å². The summed E-state index contributed by atoms with van der Waals surface area (Å²) in [7, 11) is 0. The summed E-state index contributed by atoms with van der Waals surface area (Å²) in [6, 6.07) is 13.8. The molecule has 1 saturated heterocycles. The number of aliphatic hydroxyl groups excluding tert-OH is 1. The Morgan fingerprint density at radius 3 is 2.60 bits per heavy atom. The molecule has 6 rings (SSSR count). The van der Waals surface area contributed by atoms with Gasteiger partial charge in [-0.3, -0.25) is 19.1 Å². The van der Waals surface area contributed by atoms with E-state index in [2.05, 4.69) is 11.0 Å². The summed E-state index contributed by atoms with van der Waals surface area (Å²) in [6.45, 7) is 7.55. The van der Waals surface area contributed by atoms with Crippen molar-refractivity contribution in [1.29, 1.82) is 0 Å². The minimum atomic E-state index is -0.655. The number of benzene rings is 2. The van der Waals surface area contributed by atoms with Crippen molar-refractivity contribution < 1.29 is 33.6 Å². The second kappa shape index (κ2) is 12.8. The molecule has 4 heterocycles. The van der Waals surface area contributed by atoms with Gasteiger partial charge in [-0.1, -0.05) is 24.3 Å². The van der Waals surface area contributed by atoms with E-state index in [9.17, 15) is 14.7 Å². The van der Waals surface area contributed by atoms with E-state index < -0.39 is 6.29 Å². The smallest absolute Gasteiger partial charge is 0.288 e. The van der Waals surface area contributed by atoms with E-state index in [1.165, 1.54) is 0 Å². The van der Waals surface area contributed by atoms with Gasteiger partial charge in [0.25, 0.3) is 5.91 Å². The van der Waals surface area contributed by atoms with Crippen LogP contribution >= 0.6 is 0 Å². The zero-order chi connectivity index (χ0) is 29.9. The van der Waals surface area contributed by atoms with Crippen LogP contribution in [0.5, 0.6) is 11.5 Å². The SMILES string of the molecule is CCO[C@@H]1OC(C(=O)N2CCN(Cc3ccc4c(c3)OCO4)CC2)=C[C@H](c2cn(C(C)=O)c3ccccc23)[C@@H]1CCCO. The molecule has 1 N–H and O–H groups in total. The number of aromatic nitrogens is 1. The van der Waals surface area contributed by atoms with Crippen molar-refractivity contribution >= 4 is 22.7 Å². The Labute approximate surface area is 251 Å². The van der Waals surface area contributed by atoms with E-state index in [4.69, 9.17) is 18.9 Å². The first kappa shape index (κ1) is 29.2. The summed E-state index contributed by atoms with van der Waals surface area (Å²) < 4.78 is 25.0. The lowest BCUT2D eigenvalue weighted by molar-refractivity contribution is -0.171. The van der Waals surface area contributed by atoms with Gasteiger partial charge in [0.1, 0.15) is 0 Å². The lowest BCUT2D eigenvalue weighted by Crippen LogP contribution is -2.49. The van der Waals surface area contributed by atoms with E-state index in [0.29, 0.717) is 32.5 Å². The standard InChI is InChI=1S/C33H39N3O7/c1-3-40-33-25(8-6-16-37)26(27-20-36(22(2)38)28-9-5-4-7-24(27)28)18-31(43-33)32(39)35-14-12-34(13-15-35)19-23-10-11-29-30(17-23)42-21-41-29/h4-5,7,9-11,17-18,20,25-26,33,37H,3,6,8,12-16,19,21H2,1-2H3/t25-,26-,33+/m0/s1. The van der Waals surface area contributed by atoms with E-state index in [-0.39, 0.29) is 42.8 Å². The first-order chi connectivity index (χ1) is 21.0. The van der Waals surface area contributed by atoms with Gasteiger partial charge in [0.15, 0.2) is 17.3 Å². The Bertz CT molecular complexity index is 1510. The van der Waals surface area contributed by atoms with Crippen LogP contribution in [0, 0.1) is 5.92 Å². The highest BCUT2D eigenvalue weighted by Gasteiger charge is 2.40. The van der Waals surface area contributed by atoms with E-state index in [1.54, 1.807) is 11.5 Å². The lowest BCUT2D eigenvalue weighted by Gasteiger charge is -2.39. The van der Waals surface area contributed by atoms with Crippen LogP contribution in [0.1, 0.15) is 48.5 Å². The summed E-state index contributed by atoms with van der Waals surface area (Å²) >= 11 is 0. The van der Waals surface area contributed by atoms with Gasteiger partial charge in [0, 0.05) is 76.3 Å². The fourth-order valence-corrected chi connectivity index (χ4v) is 6.41. The van der Waals surface area contributed by atoms with Crippen LogP contribution in [-0.2, 0) is 20.8 Å². The van der Waals surface area contributed by atoms with Gasteiger partial charge in [-0.15, -0.1) is 0 Å². The van der Waals surface area contributed by atoms with Gasteiger partial charge in [0.05, 0.1) is 5.52 Å². The normalized spacial score (nSPS) is 22.0. The quantitative estimate of drug-likeness (QED) is 0.398.